The lowest BCUT2D eigenvalue weighted by atomic mass is 9.74. The van der Waals surface area contributed by atoms with Crippen LogP contribution in [0.15, 0.2) is 18.2 Å². The summed E-state index contributed by atoms with van der Waals surface area (Å²) < 4.78 is 23.5. The van der Waals surface area contributed by atoms with Gasteiger partial charge in [0, 0.05) is 31.6 Å². The van der Waals surface area contributed by atoms with Crippen molar-refractivity contribution in [3.8, 4) is 5.75 Å². The van der Waals surface area contributed by atoms with E-state index in [1.165, 1.54) is 19.3 Å². The normalized spacial score (nSPS) is 25.1. The number of nitrogens with zero attached hydrogens (tertiary/aromatic N) is 2. The molecule has 4 rings (SSSR count). The van der Waals surface area contributed by atoms with E-state index in [-0.39, 0.29) is 36.8 Å². The highest BCUT2D eigenvalue weighted by molar-refractivity contribution is 5.95. The molecule has 3 aliphatic rings. The summed E-state index contributed by atoms with van der Waals surface area (Å²) in [7, 11) is 1.90. The van der Waals surface area contributed by atoms with E-state index < -0.39 is 12.3 Å². The summed E-state index contributed by atoms with van der Waals surface area (Å²) in [6, 6.07) is 5.28. The number of hydrogen-bond acceptors (Lipinski definition) is 5. The van der Waals surface area contributed by atoms with E-state index in [2.05, 4.69) is 4.90 Å². The van der Waals surface area contributed by atoms with E-state index in [0.717, 1.165) is 31.7 Å². The lowest BCUT2D eigenvalue weighted by Crippen LogP contribution is -2.43. The van der Waals surface area contributed by atoms with Crippen LogP contribution in [0, 0.1) is 5.92 Å². The average molecular weight is 469 g/mol. The maximum atomic E-state index is 13.0. The smallest absolute Gasteiger partial charge is 0.339 e. The van der Waals surface area contributed by atoms with E-state index in [1.807, 2.05) is 18.0 Å². The quantitative estimate of drug-likeness (QED) is 0.567. The fraction of sp³-hybridized carbons (Fsp3) is 0.667. The lowest BCUT2D eigenvalue weighted by molar-refractivity contribution is -0.137. The number of alkyl halides is 1. The van der Waals surface area contributed by atoms with Crippen LogP contribution < -0.4 is 4.74 Å². The van der Waals surface area contributed by atoms with Crippen molar-refractivity contribution >= 4 is 24.3 Å². The Morgan fingerprint density at radius 1 is 1.25 bits per heavy atom. The molecule has 1 aromatic rings. The molecule has 2 aliphatic heterocycles. The third kappa shape index (κ3) is 5.20. The van der Waals surface area contributed by atoms with Crippen LogP contribution in [-0.4, -0.2) is 68.2 Å². The number of likely N-dealkylation sites (tertiary alicyclic amines) is 1. The van der Waals surface area contributed by atoms with Gasteiger partial charge in [0.25, 0.3) is 0 Å². The van der Waals surface area contributed by atoms with Gasteiger partial charge in [-0.15, -0.1) is 12.4 Å². The van der Waals surface area contributed by atoms with Gasteiger partial charge >= 0.3 is 5.97 Å². The molecule has 1 spiro atoms. The number of ether oxygens (including phenoxy) is 2. The molecule has 2 fully saturated rings. The zero-order valence-electron chi connectivity index (χ0n) is 18.8. The van der Waals surface area contributed by atoms with E-state index in [1.54, 1.807) is 12.1 Å². The van der Waals surface area contributed by atoms with Crippen LogP contribution in [0.2, 0.25) is 0 Å². The highest BCUT2D eigenvalue weighted by Crippen LogP contribution is 2.49. The van der Waals surface area contributed by atoms with Gasteiger partial charge in [-0.25, -0.2) is 9.18 Å². The first-order valence-corrected chi connectivity index (χ1v) is 11.6. The van der Waals surface area contributed by atoms with Crippen molar-refractivity contribution in [1.29, 1.82) is 0 Å². The van der Waals surface area contributed by atoms with Gasteiger partial charge in [-0.05, 0) is 63.7 Å². The zero-order valence-corrected chi connectivity index (χ0v) is 19.6. The lowest BCUT2D eigenvalue weighted by Gasteiger charge is -2.37. The number of rotatable bonds is 7. The monoisotopic (exact) mass is 468 g/mol. The molecule has 178 valence electrons. The predicted molar refractivity (Wildman–Crippen MR) is 122 cm³/mol. The van der Waals surface area contributed by atoms with Crippen molar-refractivity contribution in [2.24, 2.45) is 5.92 Å². The molecule has 0 N–H and O–H groups in total. The summed E-state index contributed by atoms with van der Waals surface area (Å²) in [5.41, 5.74) is 0.725. The second kappa shape index (κ2) is 10.8. The van der Waals surface area contributed by atoms with Gasteiger partial charge in [0.15, 0.2) is 0 Å². The molecule has 0 unspecified atom stereocenters. The fourth-order valence-electron chi connectivity index (χ4n) is 5.22. The van der Waals surface area contributed by atoms with Crippen LogP contribution in [0.5, 0.6) is 5.75 Å². The summed E-state index contributed by atoms with van der Waals surface area (Å²) >= 11 is 0. The average Bonchev–Trinajstić information content (AvgIpc) is 3.07. The second-order valence-electron chi connectivity index (χ2n) is 9.07. The molecule has 0 aromatic heterocycles. The molecular weight excluding hydrogens is 435 g/mol. The van der Waals surface area contributed by atoms with Gasteiger partial charge in [0.05, 0.1) is 5.56 Å². The Morgan fingerprint density at radius 2 is 1.97 bits per heavy atom. The Bertz CT molecular complexity index is 807. The number of carbonyl (C=O) groups is 2. The molecule has 2 heterocycles. The van der Waals surface area contributed by atoms with Gasteiger partial charge < -0.3 is 19.3 Å². The van der Waals surface area contributed by atoms with Crippen molar-refractivity contribution in [2.75, 3.05) is 46.5 Å². The van der Waals surface area contributed by atoms with Gasteiger partial charge in [-0.3, -0.25) is 4.79 Å². The number of fused-ring (bicyclic) bond motifs is 2. The minimum Gasteiger partial charge on any atom is -0.491 e. The highest BCUT2D eigenvalue weighted by atomic mass is 35.5. The Balaban J connectivity index is 0.00000289. The van der Waals surface area contributed by atoms with Crippen molar-refractivity contribution in [3.63, 3.8) is 0 Å². The van der Waals surface area contributed by atoms with Crippen LogP contribution in [-0.2, 0) is 15.1 Å². The summed E-state index contributed by atoms with van der Waals surface area (Å²) in [5, 5.41) is 0. The largest absolute Gasteiger partial charge is 0.491 e. The number of carbonyl (C=O) groups excluding carboxylic acids is 2. The van der Waals surface area contributed by atoms with Gasteiger partial charge in [0.2, 0.25) is 5.91 Å². The summed E-state index contributed by atoms with van der Waals surface area (Å²) in [6.07, 6.45) is 6.53. The number of esters is 1. The van der Waals surface area contributed by atoms with Crippen LogP contribution in [0.25, 0.3) is 0 Å². The molecule has 1 aliphatic carbocycles. The first-order valence-electron chi connectivity index (χ1n) is 11.6. The maximum absolute atomic E-state index is 13.0. The molecule has 0 atom stereocenters. The summed E-state index contributed by atoms with van der Waals surface area (Å²) in [6.45, 7) is 3.37. The standard InChI is InChI=1S/C24H33FN2O4.ClH/c1-26(14-15-27-12-3-2-4-13-27)22(28)18-7-9-24(10-8-18)21-6-5-19(30-16-11-25)17-20(21)23(29)31-24;/h5-6,17-18H,2-4,7-16H2,1H3;1H. The molecule has 1 amide bonds. The van der Waals surface area contributed by atoms with E-state index in [4.69, 9.17) is 9.47 Å². The van der Waals surface area contributed by atoms with Crippen molar-refractivity contribution in [3.05, 3.63) is 29.3 Å². The minimum atomic E-state index is -0.645. The van der Waals surface area contributed by atoms with Crippen molar-refractivity contribution in [1.82, 2.24) is 9.80 Å². The third-order valence-electron chi connectivity index (χ3n) is 7.05. The fourth-order valence-corrected chi connectivity index (χ4v) is 5.22. The summed E-state index contributed by atoms with van der Waals surface area (Å²) in [4.78, 5) is 29.8. The van der Waals surface area contributed by atoms with Gasteiger partial charge in [0.1, 0.15) is 24.6 Å². The Morgan fingerprint density at radius 3 is 2.66 bits per heavy atom. The topological polar surface area (TPSA) is 59.1 Å². The third-order valence-corrected chi connectivity index (χ3v) is 7.05. The molecule has 8 heteroatoms. The molecule has 32 heavy (non-hydrogen) atoms. The van der Waals surface area contributed by atoms with Crippen LogP contribution in [0.1, 0.15) is 60.9 Å². The van der Waals surface area contributed by atoms with Crippen LogP contribution >= 0.6 is 12.4 Å². The molecule has 6 nitrogen and oxygen atoms in total. The van der Waals surface area contributed by atoms with Crippen LogP contribution in [0.3, 0.4) is 0 Å². The van der Waals surface area contributed by atoms with Gasteiger partial charge in [-0.2, -0.15) is 0 Å². The second-order valence-corrected chi connectivity index (χ2v) is 9.07. The first kappa shape index (κ1) is 24.8. The molecular formula is C24H34ClFN2O4. The molecule has 0 radical (unpaired) electrons. The Labute approximate surface area is 195 Å². The number of piperidine rings is 1. The minimum absolute atomic E-state index is 0. The molecule has 1 aromatic carbocycles. The van der Waals surface area contributed by atoms with E-state index >= 15 is 0 Å². The van der Waals surface area contributed by atoms with E-state index in [9.17, 15) is 14.0 Å². The molecule has 0 bridgehead atoms. The number of halogens is 2. The zero-order chi connectivity index (χ0) is 21.8. The Kier molecular flexibility index (Phi) is 8.39. The number of likely N-dealkylation sites (N-methyl/N-ethyl adjacent to an activating group) is 1. The number of hydrogen-bond donors (Lipinski definition) is 0. The van der Waals surface area contributed by atoms with Gasteiger partial charge in [-0.1, -0.05) is 12.5 Å². The maximum Gasteiger partial charge on any atom is 0.339 e. The summed E-state index contributed by atoms with van der Waals surface area (Å²) in [5.74, 6) is 0.298. The number of benzene rings is 1. The number of amides is 1. The molecule has 1 saturated heterocycles. The first-order chi connectivity index (χ1) is 15.0. The van der Waals surface area contributed by atoms with E-state index in [0.29, 0.717) is 37.0 Å². The highest BCUT2D eigenvalue weighted by Gasteiger charge is 2.48. The SMILES string of the molecule is CN(CCN1CCCCC1)C(=O)C1CCC2(CC1)OC(=O)c1cc(OCCF)ccc12.Cl. The predicted octanol–water partition coefficient (Wildman–Crippen LogP) is 3.96. The van der Waals surface area contributed by atoms with Crippen LogP contribution in [0.4, 0.5) is 4.39 Å². The Hall–Kier alpha value is -1.86. The molecule has 1 saturated carbocycles. The van der Waals surface area contributed by atoms with Crippen molar-refractivity contribution < 1.29 is 23.5 Å². The van der Waals surface area contributed by atoms with Crippen molar-refractivity contribution in [2.45, 2.75) is 50.5 Å².